The zero-order valence-corrected chi connectivity index (χ0v) is 31.1. The molecule has 0 amide bonds. The number of fused-ring (bicyclic) bond motifs is 9. The Bertz CT molecular complexity index is 2520. The number of aromatic nitrogens is 3. The number of benzene rings is 6. The molecule has 6 aromatic carbocycles. The fourth-order valence-electron chi connectivity index (χ4n) is 8.55. The monoisotopic (exact) mass is 723 g/mol. The van der Waals surface area contributed by atoms with Crippen molar-refractivity contribution in [1.29, 1.82) is 0 Å². The Labute approximate surface area is 317 Å². The lowest BCUT2D eigenvalue weighted by Gasteiger charge is -2.14. The van der Waals surface area contributed by atoms with Crippen molar-refractivity contribution in [3.63, 3.8) is 0 Å². The maximum atomic E-state index is 4.74. The molecule has 0 radical (unpaired) electrons. The molecule has 10 rings (SSSR count). The molecule has 0 fully saturated rings. The van der Waals surface area contributed by atoms with Crippen LogP contribution in [0.5, 0.6) is 0 Å². The molecule has 2 aliphatic rings. The van der Waals surface area contributed by atoms with Crippen LogP contribution in [0.4, 0.5) is 0 Å². The van der Waals surface area contributed by atoms with E-state index in [1.807, 2.05) is 56.1 Å². The molecule has 2 aliphatic carbocycles. The third-order valence-corrected chi connectivity index (χ3v) is 12.8. The van der Waals surface area contributed by atoms with Gasteiger partial charge in [-0.1, -0.05) is 96.3 Å². The van der Waals surface area contributed by atoms with Gasteiger partial charge in [-0.2, -0.15) is 0 Å². The predicted molar refractivity (Wildman–Crippen MR) is 220 cm³/mol. The fraction of sp³-hybridized carbons (Fsp3) is 0.130. The van der Waals surface area contributed by atoms with Crippen molar-refractivity contribution in [2.45, 2.75) is 31.4 Å². The number of rotatable bonds is 9. The van der Waals surface area contributed by atoms with Crippen LogP contribution in [0.1, 0.15) is 34.1 Å². The molecule has 0 aliphatic heterocycles. The topological polar surface area (TPSA) is 54.8 Å². The van der Waals surface area contributed by atoms with Crippen LogP contribution in [0.15, 0.2) is 159 Å². The Balaban J connectivity index is 1.02. The summed E-state index contributed by atoms with van der Waals surface area (Å²) in [6.07, 6.45) is 3.65. The van der Waals surface area contributed by atoms with Crippen LogP contribution >= 0.6 is 23.5 Å². The summed E-state index contributed by atoms with van der Waals surface area (Å²) in [5.74, 6) is 1.37. The molecule has 7 heteroatoms. The maximum Gasteiger partial charge on any atom is 0.234 e. The van der Waals surface area contributed by atoms with Gasteiger partial charge < -0.3 is 10.6 Å². The Morgan fingerprint density at radius 2 is 0.925 bits per heavy atom. The van der Waals surface area contributed by atoms with E-state index in [1.165, 1.54) is 74.9 Å². The molecule has 0 bridgehead atoms. The Hall–Kier alpha value is -5.18. The zero-order valence-electron chi connectivity index (χ0n) is 29.5. The second-order valence-electron chi connectivity index (χ2n) is 13.8. The van der Waals surface area contributed by atoms with Crippen molar-refractivity contribution in [3.05, 3.63) is 162 Å². The van der Waals surface area contributed by atoms with Gasteiger partial charge in [0, 0.05) is 67.7 Å². The first-order valence-electron chi connectivity index (χ1n) is 18.2. The molecular formula is C46H37N5S2. The van der Waals surface area contributed by atoms with Gasteiger partial charge in [0.05, 0.1) is 11.0 Å². The summed E-state index contributed by atoms with van der Waals surface area (Å²) in [6, 6.07) is 47.1. The first-order valence-corrected chi connectivity index (χ1v) is 19.8. The van der Waals surface area contributed by atoms with Crippen molar-refractivity contribution in [3.8, 4) is 28.2 Å². The highest BCUT2D eigenvalue weighted by molar-refractivity contribution is 7.99. The van der Waals surface area contributed by atoms with Crippen LogP contribution in [0, 0.1) is 0 Å². The van der Waals surface area contributed by atoms with E-state index < -0.39 is 0 Å². The van der Waals surface area contributed by atoms with Crippen molar-refractivity contribution < 1.29 is 0 Å². The number of hydrogen-bond acceptors (Lipinski definition) is 6. The highest BCUT2D eigenvalue weighted by Crippen LogP contribution is 2.48. The van der Waals surface area contributed by atoms with E-state index in [4.69, 9.17) is 9.97 Å². The molecule has 8 aromatic rings. The quantitative estimate of drug-likeness (QED) is 0.155. The maximum absolute atomic E-state index is 4.74. The van der Waals surface area contributed by atoms with Crippen LogP contribution in [-0.2, 0) is 0 Å². The summed E-state index contributed by atoms with van der Waals surface area (Å²) in [7, 11) is 4.08. The largest absolute Gasteiger partial charge is 0.319 e. The SMILES string of the molecule is CNCC1c2ccccc2-c2ccc(Sc3ccc4c5ccc(Sc6ccc7c(c6)C(CNC)c6ccccc6-7)cc5n(-c5ncccn5)c4c3)cc21. The molecule has 0 saturated heterocycles. The highest BCUT2D eigenvalue weighted by Gasteiger charge is 2.29. The Kier molecular flexibility index (Phi) is 8.18. The van der Waals surface area contributed by atoms with Gasteiger partial charge in [0.25, 0.3) is 0 Å². The van der Waals surface area contributed by atoms with Crippen LogP contribution in [-0.4, -0.2) is 41.7 Å². The summed E-state index contributed by atoms with van der Waals surface area (Å²) in [5, 5.41) is 9.24. The number of nitrogens with one attached hydrogen (secondary N) is 2. The second-order valence-corrected chi connectivity index (χ2v) is 16.1. The lowest BCUT2D eigenvalue weighted by atomic mass is 9.97. The van der Waals surface area contributed by atoms with Crippen LogP contribution in [0.2, 0.25) is 0 Å². The number of hydrogen-bond donors (Lipinski definition) is 2. The van der Waals surface area contributed by atoms with E-state index in [9.17, 15) is 0 Å². The fourth-order valence-corrected chi connectivity index (χ4v) is 10.4. The summed E-state index contributed by atoms with van der Waals surface area (Å²) in [6.45, 7) is 1.83. The van der Waals surface area contributed by atoms with Gasteiger partial charge in [-0.3, -0.25) is 4.57 Å². The van der Waals surface area contributed by atoms with E-state index in [0.717, 1.165) is 24.1 Å². The molecule has 0 spiro atoms. The Morgan fingerprint density at radius 3 is 1.42 bits per heavy atom. The van der Waals surface area contributed by atoms with E-state index in [1.54, 1.807) is 0 Å². The minimum atomic E-state index is 0.349. The molecule has 5 nitrogen and oxygen atoms in total. The van der Waals surface area contributed by atoms with Crippen LogP contribution < -0.4 is 10.6 Å². The Morgan fingerprint density at radius 1 is 0.491 bits per heavy atom. The van der Waals surface area contributed by atoms with Gasteiger partial charge in [0.2, 0.25) is 5.95 Å². The minimum Gasteiger partial charge on any atom is -0.319 e. The van der Waals surface area contributed by atoms with Crippen LogP contribution in [0.3, 0.4) is 0 Å². The van der Waals surface area contributed by atoms with Gasteiger partial charge in [0.1, 0.15) is 0 Å². The standard InChI is InChI=1S/C46H37N5S2/c1-47-26-42-34-10-5-3-8-32(34)36-16-12-28(22-40(36)42)52-30-14-18-38-39-19-15-31(25-45(39)51(44(38)24-30)46-49-20-7-21-50-46)53-29-13-17-37-33-9-4-6-11-35(33)43(27-48-2)41(37)23-29/h3-25,42-43,47-48H,26-27H2,1-2H3. The summed E-state index contributed by atoms with van der Waals surface area (Å²) in [5.41, 5.74) is 13.2. The predicted octanol–water partition coefficient (Wildman–Crippen LogP) is 10.5. The van der Waals surface area contributed by atoms with Crippen molar-refractivity contribution in [2.75, 3.05) is 27.2 Å². The average molecular weight is 724 g/mol. The van der Waals surface area contributed by atoms with Crippen molar-refractivity contribution in [2.24, 2.45) is 0 Å². The average Bonchev–Trinajstić information content (AvgIpc) is 3.80. The number of likely N-dealkylation sites (N-methyl/N-ethyl adjacent to an activating group) is 2. The third kappa shape index (κ3) is 5.50. The second kappa shape index (κ2) is 13.3. The van der Waals surface area contributed by atoms with E-state index in [0.29, 0.717) is 17.8 Å². The zero-order chi connectivity index (χ0) is 35.5. The van der Waals surface area contributed by atoms with E-state index >= 15 is 0 Å². The van der Waals surface area contributed by atoms with Gasteiger partial charge in [-0.25, -0.2) is 9.97 Å². The number of nitrogens with zero attached hydrogens (tertiary/aromatic N) is 3. The summed E-state index contributed by atoms with van der Waals surface area (Å²) < 4.78 is 2.23. The van der Waals surface area contributed by atoms with Crippen LogP contribution in [0.25, 0.3) is 50.0 Å². The van der Waals surface area contributed by atoms with E-state index in [2.05, 4.69) is 137 Å². The minimum absolute atomic E-state index is 0.349. The first-order chi connectivity index (χ1) is 26.2. The summed E-state index contributed by atoms with van der Waals surface area (Å²) >= 11 is 3.62. The smallest absolute Gasteiger partial charge is 0.234 e. The lowest BCUT2D eigenvalue weighted by molar-refractivity contribution is 0.719. The molecule has 258 valence electrons. The molecule has 2 atom stereocenters. The molecule has 2 unspecified atom stereocenters. The van der Waals surface area contributed by atoms with E-state index in [-0.39, 0.29) is 0 Å². The molecule has 2 heterocycles. The first kappa shape index (κ1) is 32.5. The third-order valence-electron chi connectivity index (χ3n) is 10.8. The molecule has 53 heavy (non-hydrogen) atoms. The summed E-state index contributed by atoms with van der Waals surface area (Å²) in [4.78, 5) is 14.3. The molecular weight excluding hydrogens is 687 g/mol. The molecule has 2 N–H and O–H groups in total. The van der Waals surface area contributed by atoms with Crippen molar-refractivity contribution >= 4 is 45.3 Å². The van der Waals surface area contributed by atoms with Gasteiger partial charge in [0.15, 0.2) is 0 Å². The van der Waals surface area contributed by atoms with Crippen molar-refractivity contribution in [1.82, 2.24) is 25.2 Å². The highest BCUT2D eigenvalue weighted by atomic mass is 32.2. The van der Waals surface area contributed by atoms with Gasteiger partial charge in [-0.15, -0.1) is 0 Å². The van der Waals surface area contributed by atoms with Gasteiger partial charge >= 0.3 is 0 Å². The molecule has 2 aromatic heterocycles. The lowest BCUT2D eigenvalue weighted by Crippen LogP contribution is -2.16. The normalized spacial score (nSPS) is 15.4. The molecule has 0 saturated carbocycles. The van der Waals surface area contributed by atoms with Gasteiger partial charge in [-0.05, 0) is 113 Å².